The first kappa shape index (κ1) is 9.45. The molecule has 2 N–H and O–H groups in total. The van der Waals surface area contributed by atoms with Crippen molar-refractivity contribution in [3.63, 3.8) is 0 Å². The lowest BCUT2D eigenvalue weighted by molar-refractivity contribution is 0.308. The number of nitrogens with zero attached hydrogens (tertiary/aromatic N) is 1. The number of nitrogens with two attached hydrogens (primary N) is 1. The Hall–Kier alpha value is -0.550. The summed E-state index contributed by atoms with van der Waals surface area (Å²) in [4.78, 5) is 0. The Morgan fingerprint density at radius 2 is 2.00 bits per heavy atom. The fraction of sp³-hybridized carbons (Fsp3) is 0.875. The van der Waals surface area contributed by atoms with Gasteiger partial charge in [-0.1, -0.05) is 20.8 Å². The van der Waals surface area contributed by atoms with Crippen LogP contribution < -0.4 is 5.73 Å². The molecule has 58 valence electrons. The Labute approximate surface area is 63.0 Å². The van der Waals surface area contributed by atoms with Crippen LogP contribution in [0, 0.1) is 16.7 Å². The maximum Gasteiger partial charge on any atom is 0.0622 e. The minimum atomic E-state index is 0.136. The minimum absolute atomic E-state index is 0.136. The third-order valence-electron chi connectivity index (χ3n) is 1.68. The van der Waals surface area contributed by atoms with E-state index < -0.39 is 0 Å². The summed E-state index contributed by atoms with van der Waals surface area (Å²) in [5.41, 5.74) is 5.92. The lowest BCUT2D eigenvalue weighted by Crippen LogP contribution is -2.34. The molecule has 0 fully saturated rings. The highest BCUT2D eigenvalue weighted by atomic mass is 14.7. The van der Waals surface area contributed by atoms with E-state index in [2.05, 4.69) is 26.8 Å². The van der Waals surface area contributed by atoms with Crippen LogP contribution >= 0.6 is 0 Å². The standard InChI is InChI=1S/C8H16N2/c1-8(2,3)7(10)5-4-6-9/h7H,4-5,10H2,1-3H3. The third kappa shape index (κ3) is 3.47. The smallest absolute Gasteiger partial charge is 0.0622 e. The zero-order valence-electron chi connectivity index (χ0n) is 7.02. The predicted octanol–water partition coefficient (Wildman–Crippen LogP) is 1.66. The summed E-state index contributed by atoms with van der Waals surface area (Å²) < 4.78 is 0. The van der Waals surface area contributed by atoms with E-state index >= 15 is 0 Å². The Morgan fingerprint density at radius 3 is 2.30 bits per heavy atom. The van der Waals surface area contributed by atoms with Gasteiger partial charge in [0.2, 0.25) is 0 Å². The molecule has 0 rings (SSSR count). The fourth-order valence-corrected chi connectivity index (χ4v) is 0.653. The normalized spacial score (nSPS) is 14.3. The molecule has 0 saturated carbocycles. The molecule has 2 nitrogen and oxygen atoms in total. The molecule has 0 amide bonds. The van der Waals surface area contributed by atoms with Gasteiger partial charge in [0.1, 0.15) is 0 Å². The van der Waals surface area contributed by atoms with Crippen LogP contribution in [-0.2, 0) is 0 Å². The van der Waals surface area contributed by atoms with E-state index in [4.69, 9.17) is 11.0 Å². The first-order valence-electron chi connectivity index (χ1n) is 3.61. The van der Waals surface area contributed by atoms with E-state index in [0.717, 1.165) is 6.42 Å². The molecule has 0 bridgehead atoms. The molecule has 0 aromatic carbocycles. The summed E-state index contributed by atoms with van der Waals surface area (Å²) in [7, 11) is 0. The van der Waals surface area contributed by atoms with Crippen LogP contribution in [0.1, 0.15) is 33.6 Å². The van der Waals surface area contributed by atoms with Gasteiger partial charge < -0.3 is 5.73 Å². The highest BCUT2D eigenvalue weighted by Crippen LogP contribution is 2.20. The van der Waals surface area contributed by atoms with E-state index in [1.54, 1.807) is 0 Å². The molecule has 10 heavy (non-hydrogen) atoms. The molecule has 0 saturated heterocycles. The lowest BCUT2D eigenvalue weighted by Gasteiger charge is -2.25. The van der Waals surface area contributed by atoms with Gasteiger partial charge in [0.25, 0.3) is 0 Å². The summed E-state index contributed by atoms with van der Waals surface area (Å²) in [6.07, 6.45) is 1.37. The molecule has 1 atom stereocenters. The summed E-state index contributed by atoms with van der Waals surface area (Å²) in [6.45, 7) is 6.28. The van der Waals surface area contributed by atoms with Crippen LogP contribution in [0.4, 0.5) is 0 Å². The van der Waals surface area contributed by atoms with E-state index in [1.165, 1.54) is 0 Å². The van der Waals surface area contributed by atoms with Crippen LogP contribution in [0.2, 0.25) is 0 Å². The zero-order chi connectivity index (χ0) is 8.20. The van der Waals surface area contributed by atoms with Crippen molar-refractivity contribution in [2.75, 3.05) is 0 Å². The Kier molecular flexibility index (Phi) is 3.38. The van der Waals surface area contributed by atoms with Crippen molar-refractivity contribution in [3.05, 3.63) is 0 Å². The van der Waals surface area contributed by atoms with E-state index in [9.17, 15) is 0 Å². The molecule has 0 aliphatic rings. The number of rotatable bonds is 2. The average Bonchev–Trinajstić information content (AvgIpc) is 1.80. The molecular weight excluding hydrogens is 124 g/mol. The Morgan fingerprint density at radius 1 is 1.50 bits per heavy atom. The third-order valence-corrected chi connectivity index (χ3v) is 1.68. The van der Waals surface area contributed by atoms with Crippen molar-refractivity contribution < 1.29 is 0 Å². The predicted molar refractivity (Wildman–Crippen MR) is 42.3 cm³/mol. The van der Waals surface area contributed by atoms with Crippen molar-refractivity contribution in [1.29, 1.82) is 5.26 Å². The highest BCUT2D eigenvalue weighted by molar-refractivity contribution is 4.81. The second kappa shape index (κ2) is 3.58. The van der Waals surface area contributed by atoms with E-state index in [-0.39, 0.29) is 11.5 Å². The molecule has 0 aliphatic heterocycles. The molecule has 0 radical (unpaired) electrons. The van der Waals surface area contributed by atoms with Gasteiger partial charge >= 0.3 is 0 Å². The Balaban J connectivity index is 3.65. The molecule has 0 aliphatic carbocycles. The van der Waals surface area contributed by atoms with Crippen LogP contribution in [0.15, 0.2) is 0 Å². The molecule has 0 aromatic heterocycles. The second-order valence-electron chi connectivity index (χ2n) is 3.67. The van der Waals surface area contributed by atoms with Gasteiger partial charge in [0, 0.05) is 12.5 Å². The number of hydrogen-bond donors (Lipinski definition) is 1. The van der Waals surface area contributed by atoms with Crippen LogP contribution in [0.5, 0.6) is 0 Å². The molecule has 0 aromatic rings. The maximum atomic E-state index is 8.28. The topological polar surface area (TPSA) is 49.8 Å². The number of nitriles is 1. The summed E-state index contributed by atoms with van der Waals surface area (Å²) in [5, 5.41) is 8.28. The largest absolute Gasteiger partial charge is 0.327 e. The van der Waals surface area contributed by atoms with Crippen LogP contribution in [-0.4, -0.2) is 6.04 Å². The number of hydrogen-bond acceptors (Lipinski definition) is 2. The van der Waals surface area contributed by atoms with Crippen LogP contribution in [0.25, 0.3) is 0 Å². The van der Waals surface area contributed by atoms with Gasteiger partial charge in [-0.3, -0.25) is 0 Å². The van der Waals surface area contributed by atoms with Gasteiger partial charge in [0.15, 0.2) is 0 Å². The van der Waals surface area contributed by atoms with Crippen molar-refractivity contribution in [1.82, 2.24) is 0 Å². The molecule has 0 spiro atoms. The van der Waals surface area contributed by atoms with Crippen molar-refractivity contribution in [3.8, 4) is 6.07 Å². The zero-order valence-corrected chi connectivity index (χ0v) is 7.02. The van der Waals surface area contributed by atoms with E-state index in [1.807, 2.05) is 0 Å². The lowest BCUT2D eigenvalue weighted by atomic mass is 9.85. The summed E-state index contributed by atoms with van der Waals surface area (Å²) in [5.74, 6) is 0. The second-order valence-corrected chi connectivity index (χ2v) is 3.67. The van der Waals surface area contributed by atoms with Crippen molar-refractivity contribution in [2.24, 2.45) is 11.1 Å². The maximum absolute atomic E-state index is 8.28. The van der Waals surface area contributed by atoms with Crippen molar-refractivity contribution >= 4 is 0 Å². The van der Waals surface area contributed by atoms with Gasteiger partial charge in [-0.2, -0.15) is 5.26 Å². The highest BCUT2D eigenvalue weighted by Gasteiger charge is 2.19. The SMILES string of the molecule is CC(C)(C)C(N)CCC#N. The molecular formula is C8H16N2. The van der Waals surface area contributed by atoms with Gasteiger partial charge in [-0.05, 0) is 11.8 Å². The summed E-state index contributed by atoms with van der Waals surface area (Å²) >= 11 is 0. The van der Waals surface area contributed by atoms with Gasteiger partial charge in [0.05, 0.1) is 6.07 Å². The first-order valence-corrected chi connectivity index (χ1v) is 3.61. The minimum Gasteiger partial charge on any atom is -0.327 e. The first-order chi connectivity index (χ1) is 4.48. The molecule has 1 unspecified atom stereocenters. The fourth-order valence-electron chi connectivity index (χ4n) is 0.653. The van der Waals surface area contributed by atoms with Gasteiger partial charge in [-0.25, -0.2) is 0 Å². The van der Waals surface area contributed by atoms with Crippen LogP contribution in [0.3, 0.4) is 0 Å². The average molecular weight is 140 g/mol. The summed E-state index contributed by atoms with van der Waals surface area (Å²) in [6, 6.07) is 2.24. The van der Waals surface area contributed by atoms with Gasteiger partial charge in [-0.15, -0.1) is 0 Å². The Bertz CT molecular complexity index is 127. The molecule has 0 heterocycles. The quantitative estimate of drug-likeness (QED) is 0.634. The monoisotopic (exact) mass is 140 g/mol. The van der Waals surface area contributed by atoms with E-state index in [0.29, 0.717) is 6.42 Å². The van der Waals surface area contributed by atoms with Crippen molar-refractivity contribution in [2.45, 2.75) is 39.7 Å². The molecule has 2 heteroatoms.